The maximum atomic E-state index is 9.12. The van der Waals surface area contributed by atoms with Gasteiger partial charge in [-0.1, -0.05) is 48.0 Å². The highest BCUT2D eigenvalue weighted by Gasteiger charge is 2.17. The maximum Gasteiger partial charge on any atom is 0.0991 e. The van der Waals surface area contributed by atoms with Crippen LogP contribution in [0.15, 0.2) is 85.5 Å². The van der Waals surface area contributed by atoms with E-state index in [1.165, 1.54) is 11.3 Å². The van der Waals surface area contributed by atoms with Crippen molar-refractivity contribution in [3.05, 3.63) is 118 Å². The molecule has 0 bridgehead atoms. The molecule has 0 amide bonds. The number of nitriles is 1. The number of aromatic nitrogens is 2. The van der Waals surface area contributed by atoms with Gasteiger partial charge in [0.15, 0.2) is 0 Å². The lowest BCUT2D eigenvalue weighted by Crippen LogP contribution is -2.45. The summed E-state index contributed by atoms with van der Waals surface area (Å²) in [6, 6.07) is 25.0. The van der Waals surface area contributed by atoms with Crippen LogP contribution in [0.4, 0.5) is 5.69 Å². The molecule has 4 aromatic rings. The monoisotopic (exact) mass is 493 g/mol. The summed E-state index contributed by atoms with van der Waals surface area (Å²) in [4.78, 5) is 9.00. The van der Waals surface area contributed by atoms with E-state index in [4.69, 9.17) is 16.9 Å². The maximum absolute atomic E-state index is 9.12. The average Bonchev–Trinajstić information content (AvgIpc) is 3.41. The van der Waals surface area contributed by atoms with E-state index in [2.05, 4.69) is 69.4 Å². The number of imidazole rings is 1. The van der Waals surface area contributed by atoms with Crippen molar-refractivity contribution in [3.8, 4) is 6.07 Å². The van der Waals surface area contributed by atoms with Crippen molar-refractivity contribution in [1.29, 1.82) is 5.26 Å². The molecular weight excluding hydrogens is 466 g/mol. The highest BCUT2D eigenvalue weighted by Crippen LogP contribution is 2.21. The van der Waals surface area contributed by atoms with Gasteiger partial charge in [-0.3, -0.25) is 4.90 Å². The van der Waals surface area contributed by atoms with Crippen LogP contribution in [0.25, 0.3) is 12.2 Å². The summed E-state index contributed by atoms with van der Waals surface area (Å²) in [5, 5.41) is 9.86. The van der Waals surface area contributed by atoms with E-state index in [1.54, 1.807) is 6.20 Å². The van der Waals surface area contributed by atoms with Crippen molar-refractivity contribution >= 4 is 29.4 Å². The third kappa shape index (κ3) is 6.23. The van der Waals surface area contributed by atoms with Gasteiger partial charge in [-0.25, -0.2) is 4.98 Å². The molecule has 0 aliphatic carbocycles. The lowest BCUT2D eigenvalue weighted by molar-refractivity contribution is 0.250. The van der Waals surface area contributed by atoms with Crippen LogP contribution in [0.3, 0.4) is 0 Å². The lowest BCUT2D eigenvalue weighted by Gasteiger charge is -2.36. The minimum Gasteiger partial charge on any atom is -0.369 e. The van der Waals surface area contributed by atoms with Crippen LogP contribution in [-0.4, -0.2) is 40.6 Å². The molecule has 0 radical (unpaired) electrons. The van der Waals surface area contributed by atoms with Gasteiger partial charge in [0.25, 0.3) is 0 Å². The molecule has 0 unspecified atom stereocenters. The number of hydrogen-bond acceptors (Lipinski definition) is 4. The van der Waals surface area contributed by atoms with Crippen molar-refractivity contribution in [2.24, 2.45) is 0 Å². The molecule has 0 atom stereocenters. The largest absolute Gasteiger partial charge is 0.369 e. The Balaban J connectivity index is 1.17. The molecule has 0 saturated carbocycles. The number of hydrogen-bond donors (Lipinski definition) is 0. The highest BCUT2D eigenvalue weighted by molar-refractivity contribution is 6.30. The Labute approximate surface area is 217 Å². The van der Waals surface area contributed by atoms with Crippen molar-refractivity contribution in [2.75, 3.05) is 31.1 Å². The first-order chi connectivity index (χ1) is 17.6. The predicted molar refractivity (Wildman–Crippen MR) is 147 cm³/mol. The molecule has 1 aliphatic heterocycles. The summed E-state index contributed by atoms with van der Waals surface area (Å²) in [7, 11) is 0. The second-order valence-electron chi connectivity index (χ2n) is 9.13. The molecule has 5 nitrogen and oxygen atoms in total. The predicted octanol–water partition coefficient (Wildman–Crippen LogP) is 5.95. The molecular formula is C30H28ClN5. The molecule has 2 heterocycles. The Kier molecular flexibility index (Phi) is 7.47. The molecule has 1 saturated heterocycles. The van der Waals surface area contributed by atoms with Crippen LogP contribution in [0.5, 0.6) is 0 Å². The summed E-state index contributed by atoms with van der Waals surface area (Å²) >= 11 is 6.37. The van der Waals surface area contributed by atoms with E-state index in [0.717, 1.165) is 66.5 Å². The van der Waals surface area contributed by atoms with E-state index < -0.39 is 0 Å². The molecule has 36 heavy (non-hydrogen) atoms. The summed E-state index contributed by atoms with van der Waals surface area (Å²) in [6.07, 6.45) is 9.78. The first kappa shape index (κ1) is 23.9. The van der Waals surface area contributed by atoms with Crippen molar-refractivity contribution in [3.63, 3.8) is 0 Å². The average molecular weight is 494 g/mol. The van der Waals surface area contributed by atoms with Gasteiger partial charge < -0.3 is 9.47 Å². The van der Waals surface area contributed by atoms with Gasteiger partial charge in [-0.05, 0) is 64.7 Å². The van der Waals surface area contributed by atoms with Crippen LogP contribution < -0.4 is 4.90 Å². The SMILES string of the molecule is N#Cc1cccc(CN2CCN(c3ccc(C=Cc4cc(Cl)cc(Cn5ccnc5)c4)cc3)CC2)c1. The smallest absolute Gasteiger partial charge is 0.0991 e. The molecule has 6 heteroatoms. The molecule has 1 aromatic heterocycles. The first-order valence-electron chi connectivity index (χ1n) is 12.1. The van der Waals surface area contributed by atoms with Crippen molar-refractivity contribution < 1.29 is 0 Å². The van der Waals surface area contributed by atoms with Crippen LogP contribution in [0.1, 0.15) is 27.8 Å². The zero-order chi connectivity index (χ0) is 24.7. The normalized spacial score (nSPS) is 14.3. The van der Waals surface area contributed by atoms with Gasteiger partial charge in [0.1, 0.15) is 0 Å². The number of piperazine rings is 1. The fraction of sp³-hybridized carbons (Fsp3) is 0.200. The summed E-state index contributed by atoms with van der Waals surface area (Å²) in [6.45, 7) is 5.64. The van der Waals surface area contributed by atoms with E-state index in [1.807, 2.05) is 47.4 Å². The molecule has 0 N–H and O–H groups in total. The van der Waals surface area contributed by atoms with Crippen LogP contribution >= 0.6 is 11.6 Å². The Bertz CT molecular complexity index is 1360. The molecule has 1 fully saturated rings. The summed E-state index contributed by atoms with van der Waals surface area (Å²) in [5.41, 5.74) is 6.57. The van der Waals surface area contributed by atoms with Crippen LogP contribution in [0.2, 0.25) is 5.02 Å². The second-order valence-corrected chi connectivity index (χ2v) is 9.56. The number of halogens is 1. The third-order valence-corrected chi connectivity index (χ3v) is 6.68. The number of rotatable bonds is 7. The van der Waals surface area contributed by atoms with E-state index >= 15 is 0 Å². The fourth-order valence-electron chi connectivity index (χ4n) is 4.60. The summed E-state index contributed by atoms with van der Waals surface area (Å²) in [5.74, 6) is 0. The lowest BCUT2D eigenvalue weighted by atomic mass is 10.1. The topological polar surface area (TPSA) is 48.1 Å². The second kappa shape index (κ2) is 11.3. The van der Waals surface area contributed by atoms with Crippen molar-refractivity contribution in [1.82, 2.24) is 14.5 Å². The Hall–Kier alpha value is -3.85. The van der Waals surface area contributed by atoms with E-state index in [9.17, 15) is 0 Å². The number of anilines is 1. The standard InChI is InChI=1S/C30H28ClN5/c31-29-18-25(16-28(19-29)22-35-11-10-33-23-35)5-4-24-6-8-30(9-7-24)36-14-12-34(13-15-36)21-27-3-1-2-26(17-27)20-32/h1-11,16-19,23H,12-15,21-22H2. The number of benzene rings is 3. The molecule has 0 spiro atoms. The van der Waals surface area contributed by atoms with Gasteiger partial charge in [-0.2, -0.15) is 5.26 Å². The molecule has 1 aliphatic rings. The minimum atomic E-state index is 0.727. The molecule has 180 valence electrons. The van der Waals surface area contributed by atoms with Gasteiger partial charge in [0, 0.05) is 62.4 Å². The quantitative estimate of drug-likeness (QED) is 0.298. The Morgan fingerprint density at radius 1 is 0.861 bits per heavy atom. The fourth-order valence-corrected chi connectivity index (χ4v) is 4.87. The Morgan fingerprint density at radius 2 is 1.67 bits per heavy atom. The molecule has 5 rings (SSSR count). The first-order valence-corrected chi connectivity index (χ1v) is 12.5. The van der Waals surface area contributed by atoms with Gasteiger partial charge in [0.05, 0.1) is 18.0 Å². The Morgan fingerprint density at radius 3 is 2.42 bits per heavy atom. The van der Waals surface area contributed by atoms with Gasteiger partial charge in [-0.15, -0.1) is 0 Å². The third-order valence-electron chi connectivity index (χ3n) is 6.47. The zero-order valence-electron chi connectivity index (χ0n) is 20.1. The van der Waals surface area contributed by atoms with Gasteiger partial charge >= 0.3 is 0 Å². The highest BCUT2D eigenvalue weighted by atomic mass is 35.5. The van der Waals surface area contributed by atoms with Crippen LogP contribution in [-0.2, 0) is 13.1 Å². The van der Waals surface area contributed by atoms with E-state index in [-0.39, 0.29) is 0 Å². The van der Waals surface area contributed by atoms with Crippen molar-refractivity contribution in [2.45, 2.75) is 13.1 Å². The number of nitrogens with zero attached hydrogens (tertiary/aromatic N) is 5. The minimum absolute atomic E-state index is 0.727. The van der Waals surface area contributed by atoms with Gasteiger partial charge in [0.2, 0.25) is 0 Å². The molecule has 3 aromatic carbocycles. The van der Waals surface area contributed by atoms with E-state index in [0.29, 0.717) is 0 Å². The summed E-state index contributed by atoms with van der Waals surface area (Å²) < 4.78 is 2.03. The van der Waals surface area contributed by atoms with Crippen LogP contribution in [0, 0.1) is 11.3 Å². The zero-order valence-corrected chi connectivity index (χ0v) is 20.9.